The minimum Gasteiger partial charge on any atom is -0.508 e. The van der Waals surface area contributed by atoms with Gasteiger partial charge in [0.05, 0.1) is 6.10 Å². The van der Waals surface area contributed by atoms with E-state index in [0.717, 1.165) is 11.5 Å². The van der Waals surface area contributed by atoms with Crippen molar-refractivity contribution in [2.75, 3.05) is 0 Å². The van der Waals surface area contributed by atoms with E-state index in [-0.39, 0.29) is 11.8 Å². The summed E-state index contributed by atoms with van der Waals surface area (Å²) in [6.07, 6.45) is 6.48. The molecule has 0 bridgehead atoms. The summed E-state index contributed by atoms with van der Waals surface area (Å²) in [5.74, 6) is -1.93. The number of rotatable bonds is 4. The minimum absolute atomic E-state index is 0.0180. The second-order valence-electron chi connectivity index (χ2n) is 6.45. The molecule has 5 atom stereocenters. The van der Waals surface area contributed by atoms with Gasteiger partial charge in [0, 0.05) is 12.1 Å². The van der Waals surface area contributed by atoms with Gasteiger partial charge in [-0.05, 0) is 49.3 Å². The quantitative estimate of drug-likeness (QED) is 0.412. The standard InChI is InChI=1S/C16H21NO2.C2H2O4/c1-10(16(19)11-5-7-13(18)8-6-11)17-15-9-12-3-2-4-14(12)15;3-1(4)2(5)6/h2,4-8,10,12,14-19H,3,9H2,1H3;(H,3,4)(H,5,6). The van der Waals surface area contributed by atoms with Crippen molar-refractivity contribution in [3.63, 3.8) is 0 Å². The number of nitrogens with one attached hydrogen (secondary N) is 1. The van der Waals surface area contributed by atoms with E-state index in [0.29, 0.717) is 12.0 Å². The van der Waals surface area contributed by atoms with Crippen LogP contribution in [-0.2, 0) is 9.59 Å². The smallest absolute Gasteiger partial charge is 0.414 e. The summed E-state index contributed by atoms with van der Waals surface area (Å²) in [5.41, 5.74) is 0.843. The molecule has 3 rings (SSSR count). The first kappa shape index (κ1) is 19.0. The summed E-state index contributed by atoms with van der Waals surface area (Å²) in [4.78, 5) is 18.2. The van der Waals surface area contributed by atoms with Crippen LogP contribution in [0.2, 0.25) is 0 Å². The van der Waals surface area contributed by atoms with Crippen molar-refractivity contribution < 1.29 is 30.0 Å². The normalized spacial score (nSPS) is 25.8. The Morgan fingerprint density at radius 1 is 1.16 bits per heavy atom. The van der Waals surface area contributed by atoms with Gasteiger partial charge in [-0.1, -0.05) is 24.3 Å². The SMILES string of the molecule is CC(NC1CC2CC=CC21)C(O)c1ccc(O)cc1.O=C(O)C(=O)O. The lowest BCUT2D eigenvalue weighted by Gasteiger charge is -2.43. The van der Waals surface area contributed by atoms with Crippen molar-refractivity contribution in [1.29, 1.82) is 0 Å². The Bertz CT molecular complexity index is 629. The highest BCUT2D eigenvalue weighted by Crippen LogP contribution is 2.43. The fraction of sp³-hybridized carbons (Fsp3) is 0.444. The molecule has 0 radical (unpaired) electrons. The minimum atomic E-state index is -1.82. The third-order valence-electron chi connectivity index (χ3n) is 4.73. The second kappa shape index (κ2) is 8.13. The predicted molar refractivity (Wildman–Crippen MR) is 90.1 cm³/mol. The summed E-state index contributed by atoms with van der Waals surface area (Å²) in [5, 5.41) is 37.9. The first-order chi connectivity index (χ1) is 11.8. The Balaban J connectivity index is 0.000000326. The van der Waals surface area contributed by atoms with E-state index in [1.165, 1.54) is 12.8 Å². The van der Waals surface area contributed by atoms with Gasteiger partial charge < -0.3 is 25.7 Å². The maximum absolute atomic E-state index is 10.3. The second-order valence-corrected chi connectivity index (χ2v) is 6.45. The molecule has 136 valence electrons. The average molecular weight is 349 g/mol. The molecule has 2 aliphatic rings. The lowest BCUT2D eigenvalue weighted by Crippen LogP contribution is -2.52. The van der Waals surface area contributed by atoms with E-state index >= 15 is 0 Å². The summed E-state index contributed by atoms with van der Waals surface area (Å²) in [6, 6.07) is 7.30. The molecule has 1 fully saturated rings. The lowest BCUT2D eigenvalue weighted by molar-refractivity contribution is -0.159. The number of aromatic hydroxyl groups is 1. The number of phenolic OH excluding ortho intramolecular Hbond substituents is 1. The van der Waals surface area contributed by atoms with E-state index < -0.39 is 18.0 Å². The van der Waals surface area contributed by atoms with E-state index in [1.807, 2.05) is 6.92 Å². The summed E-state index contributed by atoms with van der Waals surface area (Å²) >= 11 is 0. The van der Waals surface area contributed by atoms with Gasteiger partial charge >= 0.3 is 11.9 Å². The van der Waals surface area contributed by atoms with Gasteiger partial charge in [0.25, 0.3) is 0 Å². The number of aliphatic hydroxyl groups excluding tert-OH is 1. The van der Waals surface area contributed by atoms with Crippen molar-refractivity contribution >= 4 is 11.9 Å². The Kier molecular flexibility index (Phi) is 6.17. The number of aliphatic hydroxyl groups is 1. The van der Waals surface area contributed by atoms with Crippen LogP contribution in [-0.4, -0.2) is 44.4 Å². The number of hydrogen-bond donors (Lipinski definition) is 5. The molecular weight excluding hydrogens is 326 g/mol. The van der Waals surface area contributed by atoms with Crippen molar-refractivity contribution in [3.05, 3.63) is 42.0 Å². The molecule has 0 aliphatic heterocycles. The number of benzene rings is 1. The van der Waals surface area contributed by atoms with Crippen LogP contribution in [0.5, 0.6) is 5.75 Å². The zero-order valence-corrected chi connectivity index (χ0v) is 13.9. The molecule has 2 aliphatic carbocycles. The number of carbonyl (C=O) groups is 2. The van der Waals surface area contributed by atoms with Gasteiger partial charge in [-0.3, -0.25) is 0 Å². The van der Waals surface area contributed by atoms with Gasteiger partial charge in [-0.2, -0.15) is 0 Å². The Morgan fingerprint density at radius 3 is 2.28 bits per heavy atom. The molecule has 1 saturated carbocycles. The molecule has 1 aromatic carbocycles. The molecule has 7 heteroatoms. The predicted octanol–water partition coefficient (Wildman–Crippen LogP) is 1.52. The van der Waals surface area contributed by atoms with E-state index in [4.69, 9.17) is 19.8 Å². The first-order valence-corrected chi connectivity index (χ1v) is 8.15. The molecule has 0 aromatic heterocycles. The Morgan fingerprint density at radius 2 is 1.76 bits per heavy atom. The van der Waals surface area contributed by atoms with Crippen LogP contribution in [0.4, 0.5) is 0 Å². The largest absolute Gasteiger partial charge is 0.508 e. The van der Waals surface area contributed by atoms with Crippen LogP contribution in [0.3, 0.4) is 0 Å². The van der Waals surface area contributed by atoms with Crippen LogP contribution >= 0.6 is 0 Å². The molecule has 0 saturated heterocycles. The van der Waals surface area contributed by atoms with Crippen LogP contribution in [0.15, 0.2) is 36.4 Å². The lowest BCUT2D eigenvalue weighted by atomic mass is 9.71. The highest BCUT2D eigenvalue weighted by Gasteiger charge is 2.41. The number of phenols is 1. The van der Waals surface area contributed by atoms with Gasteiger partial charge in [0.1, 0.15) is 5.75 Å². The zero-order chi connectivity index (χ0) is 18.6. The Labute approximate surface area is 145 Å². The third-order valence-corrected chi connectivity index (χ3v) is 4.73. The van der Waals surface area contributed by atoms with Gasteiger partial charge in [-0.25, -0.2) is 9.59 Å². The topological polar surface area (TPSA) is 127 Å². The molecule has 0 amide bonds. The monoisotopic (exact) mass is 349 g/mol. The van der Waals surface area contributed by atoms with Crippen molar-refractivity contribution in [2.45, 2.75) is 38.0 Å². The fourth-order valence-corrected chi connectivity index (χ4v) is 3.30. The molecule has 5 N–H and O–H groups in total. The van der Waals surface area contributed by atoms with E-state index in [2.05, 4.69) is 17.5 Å². The number of carboxylic acids is 2. The fourth-order valence-electron chi connectivity index (χ4n) is 3.30. The zero-order valence-electron chi connectivity index (χ0n) is 13.9. The van der Waals surface area contributed by atoms with Gasteiger partial charge in [0.15, 0.2) is 0 Å². The van der Waals surface area contributed by atoms with Crippen molar-refractivity contribution in [3.8, 4) is 5.75 Å². The van der Waals surface area contributed by atoms with Crippen molar-refractivity contribution in [1.82, 2.24) is 5.32 Å². The molecule has 25 heavy (non-hydrogen) atoms. The third kappa shape index (κ3) is 4.80. The highest BCUT2D eigenvalue weighted by atomic mass is 16.4. The number of hydrogen-bond acceptors (Lipinski definition) is 5. The molecular formula is C18H23NO6. The maximum atomic E-state index is 10.3. The van der Waals surface area contributed by atoms with E-state index in [9.17, 15) is 10.2 Å². The number of fused-ring (bicyclic) bond motifs is 1. The van der Waals surface area contributed by atoms with E-state index in [1.54, 1.807) is 24.3 Å². The number of aliphatic carboxylic acids is 2. The molecule has 0 spiro atoms. The Hall–Kier alpha value is -2.38. The molecule has 0 heterocycles. The molecule has 1 aromatic rings. The first-order valence-electron chi connectivity index (χ1n) is 8.15. The molecule has 7 nitrogen and oxygen atoms in total. The summed E-state index contributed by atoms with van der Waals surface area (Å²) in [6.45, 7) is 2.02. The van der Waals surface area contributed by atoms with Crippen LogP contribution < -0.4 is 5.32 Å². The number of allylic oxidation sites excluding steroid dienone is 1. The molecule has 5 unspecified atom stereocenters. The van der Waals surface area contributed by atoms with Gasteiger partial charge in [0.2, 0.25) is 0 Å². The highest BCUT2D eigenvalue weighted by molar-refractivity contribution is 6.27. The van der Waals surface area contributed by atoms with Crippen LogP contribution in [0.1, 0.15) is 31.4 Å². The van der Waals surface area contributed by atoms with Crippen molar-refractivity contribution in [2.24, 2.45) is 11.8 Å². The summed E-state index contributed by atoms with van der Waals surface area (Å²) in [7, 11) is 0. The average Bonchev–Trinajstić information content (AvgIpc) is 2.94. The summed E-state index contributed by atoms with van der Waals surface area (Å²) < 4.78 is 0. The van der Waals surface area contributed by atoms with Gasteiger partial charge in [-0.15, -0.1) is 0 Å². The van der Waals surface area contributed by atoms with Crippen LogP contribution in [0.25, 0.3) is 0 Å². The number of carboxylic acid groups (broad SMARTS) is 2. The maximum Gasteiger partial charge on any atom is 0.414 e. The van der Waals surface area contributed by atoms with Crippen LogP contribution in [0, 0.1) is 11.8 Å².